The molecule has 0 amide bonds. The average Bonchev–Trinajstić information content (AvgIpc) is 3.29. The molecule has 9 atom stereocenters. The van der Waals surface area contributed by atoms with Crippen molar-refractivity contribution in [2.24, 2.45) is 0 Å². The van der Waals surface area contributed by atoms with Gasteiger partial charge in [0.2, 0.25) is 0 Å². The SMILES string of the molecule is CCCCC/C=C\C[C@H](O)/C=C/C=C\C/C=C\CCCC(=O)O[C@H](COC(=O)CCCCCCCCCCCCCCCCCCC)COP(=O)(O)O[C@H]1C(O)C(O)C(O)[C@@H](OP(=O)(O)O)C1O. The number of aliphatic hydroxyl groups is 5. The lowest BCUT2D eigenvalue weighted by Crippen LogP contribution is -2.64. The van der Waals surface area contributed by atoms with Gasteiger partial charge < -0.3 is 49.7 Å². The van der Waals surface area contributed by atoms with Crippen molar-refractivity contribution in [3.63, 3.8) is 0 Å². The molecule has 0 aromatic rings. The maximum atomic E-state index is 13.0. The molecule has 0 heterocycles. The highest BCUT2D eigenvalue weighted by Crippen LogP contribution is 2.49. The zero-order valence-electron chi connectivity index (χ0n) is 40.9. The lowest BCUT2D eigenvalue weighted by molar-refractivity contribution is -0.216. The third-order valence-corrected chi connectivity index (χ3v) is 13.0. The van der Waals surface area contributed by atoms with Gasteiger partial charge in [-0.15, -0.1) is 0 Å². The lowest BCUT2D eigenvalue weighted by atomic mass is 9.85. The molecule has 0 bridgehead atoms. The van der Waals surface area contributed by atoms with Gasteiger partial charge >= 0.3 is 27.6 Å². The molecular formula is C49H88O17P2. The molecule has 1 saturated carbocycles. The average molecular weight is 1010 g/mol. The summed E-state index contributed by atoms with van der Waals surface area (Å²) in [5.41, 5.74) is 0. The minimum absolute atomic E-state index is 0.0630. The van der Waals surface area contributed by atoms with E-state index in [4.69, 9.17) is 18.5 Å². The summed E-state index contributed by atoms with van der Waals surface area (Å²) in [5, 5.41) is 51.3. The smallest absolute Gasteiger partial charge is 0.462 e. The Hall–Kier alpha value is -2.08. The quantitative estimate of drug-likeness (QED) is 0.00931. The van der Waals surface area contributed by atoms with Crippen LogP contribution in [0.4, 0.5) is 0 Å². The highest BCUT2D eigenvalue weighted by molar-refractivity contribution is 7.47. The topological polar surface area (TPSA) is 276 Å². The van der Waals surface area contributed by atoms with Gasteiger partial charge in [-0.2, -0.15) is 0 Å². The van der Waals surface area contributed by atoms with Crippen molar-refractivity contribution in [1.82, 2.24) is 0 Å². The fourth-order valence-electron chi connectivity index (χ4n) is 7.52. The summed E-state index contributed by atoms with van der Waals surface area (Å²) in [6.07, 6.45) is 26.6. The summed E-state index contributed by atoms with van der Waals surface area (Å²) >= 11 is 0. The highest BCUT2D eigenvalue weighted by Gasteiger charge is 2.54. The molecule has 396 valence electrons. The van der Waals surface area contributed by atoms with Gasteiger partial charge in [0.1, 0.15) is 43.2 Å². The van der Waals surface area contributed by atoms with Gasteiger partial charge in [-0.25, -0.2) is 9.13 Å². The van der Waals surface area contributed by atoms with Crippen molar-refractivity contribution in [1.29, 1.82) is 0 Å². The Morgan fingerprint density at radius 2 is 1.04 bits per heavy atom. The second-order valence-electron chi connectivity index (χ2n) is 17.7. The van der Waals surface area contributed by atoms with Crippen LogP contribution in [0.5, 0.6) is 0 Å². The first kappa shape index (κ1) is 63.9. The van der Waals surface area contributed by atoms with Gasteiger partial charge in [-0.1, -0.05) is 178 Å². The van der Waals surface area contributed by atoms with E-state index in [9.17, 15) is 58.9 Å². The third kappa shape index (κ3) is 33.5. The standard InChI is InChI=1S/C49H88O17P2/c1-3-5-7-9-11-12-13-14-15-16-17-18-19-20-24-28-32-36-42(51)62-38-41(39-63-68(60,61)66-49-46(55)44(53)45(54)48(47(49)56)65-67(57,58)59)64-43(52)37-33-29-25-22-21-23-27-31-35-40(50)34-30-26-10-8-6-4-2/h22-23,25-27,30-31,35,40-41,44-50,53-56H,3-21,24,28-29,32-34,36-39H2,1-2H3,(H,60,61)(H2,57,58,59)/b25-22-,27-23-,30-26-,35-31+/t40-,41+,44?,45?,46?,47?,48+,49-/m0/s1. The number of phosphoric acid groups is 2. The van der Waals surface area contributed by atoms with E-state index in [1.54, 1.807) is 12.2 Å². The molecule has 1 aliphatic rings. The third-order valence-electron chi connectivity index (χ3n) is 11.5. The predicted molar refractivity (Wildman–Crippen MR) is 261 cm³/mol. The van der Waals surface area contributed by atoms with Gasteiger partial charge in [0.15, 0.2) is 6.10 Å². The van der Waals surface area contributed by atoms with Crippen LogP contribution in [0.25, 0.3) is 0 Å². The number of allylic oxidation sites excluding steroid dienone is 6. The Morgan fingerprint density at radius 1 is 0.544 bits per heavy atom. The predicted octanol–water partition coefficient (Wildman–Crippen LogP) is 9.04. The van der Waals surface area contributed by atoms with Crippen molar-refractivity contribution in [2.45, 2.75) is 236 Å². The summed E-state index contributed by atoms with van der Waals surface area (Å²) in [6.45, 7) is 2.98. The van der Waals surface area contributed by atoms with E-state index >= 15 is 0 Å². The molecule has 1 fully saturated rings. The Balaban J connectivity index is 2.62. The first-order valence-corrected chi connectivity index (χ1v) is 28.3. The molecule has 0 spiro atoms. The van der Waals surface area contributed by atoms with Gasteiger partial charge in [0, 0.05) is 12.8 Å². The van der Waals surface area contributed by atoms with Crippen LogP contribution in [0.2, 0.25) is 0 Å². The number of rotatable bonds is 42. The Bertz CT molecular complexity index is 1520. The van der Waals surface area contributed by atoms with E-state index in [-0.39, 0.29) is 12.8 Å². The summed E-state index contributed by atoms with van der Waals surface area (Å²) in [4.78, 5) is 54.3. The van der Waals surface area contributed by atoms with Crippen LogP contribution in [0.3, 0.4) is 0 Å². The normalized spacial score (nSPS) is 22.1. The number of carbonyl (C=O) groups is 2. The Labute approximate surface area is 406 Å². The number of esters is 2. The van der Waals surface area contributed by atoms with E-state index in [2.05, 4.69) is 24.4 Å². The van der Waals surface area contributed by atoms with Crippen molar-refractivity contribution in [3.8, 4) is 0 Å². The van der Waals surface area contributed by atoms with Crippen molar-refractivity contribution >= 4 is 27.6 Å². The van der Waals surface area contributed by atoms with Crippen LogP contribution in [0.1, 0.15) is 187 Å². The summed E-state index contributed by atoms with van der Waals surface area (Å²) in [5.74, 6) is -1.30. The number of hydrogen-bond donors (Lipinski definition) is 8. The second-order valence-corrected chi connectivity index (χ2v) is 20.3. The van der Waals surface area contributed by atoms with Crippen LogP contribution < -0.4 is 0 Å². The minimum atomic E-state index is -5.38. The van der Waals surface area contributed by atoms with E-state index < -0.39 is 89.6 Å². The molecule has 0 aliphatic heterocycles. The van der Waals surface area contributed by atoms with Crippen LogP contribution in [-0.2, 0) is 41.8 Å². The van der Waals surface area contributed by atoms with Crippen LogP contribution in [-0.4, -0.2) is 114 Å². The molecule has 0 saturated heterocycles. The summed E-state index contributed by atoms with van der Waals surface area (Å²) in [7, 11) is -10.7. The van der Waals surface area contributed by atoms with Crippen molar-refractivity contribution < 1.29 is 82.0 Å². The van der Waals surface area contributed by atoms with Gasteiger partial charge in [-0.3, -0.25) is 23.2 Å². The van der Waals surface area contributed by atoms with Crippen molar-refractivity contribution in [3.05, 3.63) is 48.6 Å². The van der Waals surface area contributed by atoms with E-state index in [0.29, 0.717) is 32.1 Å². The zero-order chi connectivity index (χ0) is 50.5. The number of hydrogen-bond acceptors (Lipinski definition) is 14. The fourth-order valence-corrected chi connectivity index (χ4v) is 9.05. The molecular weight excluding hydrogens is 922 g/mol. The fraction of sp³-hybridized carbons (Fsp3) is 0.796. The first-order chi connectivity index (χ1) is 32.5. The summed E-state index contributed by atoms with van der Waals surface area (Å²) < 4.78 is 49.4. The molecule has 0 aromatic heterocycles. The lowest BCUT2D eigenvalue weighted by Gasteiger charge is -2.43. The molecule has 19 heteroatoms. The van der Waals surface area contributed by atoms with E-state index in [1.807, 2.05) is 30.4 Å². The van der Waals surface area contributed by atoms with Crippen molar-refractivity contribution in [2.75, 3.05) is 13.2 Å². The molecule has 8 N–H and O–H groups in total. The Morgan fingerprint density at radius 3 is 1.62 bits per heavy atom. The molecule has 0 aromatic carbocycles. The largest absolute Gasteiger partial charge is 0.472 e. The van der Waals surface area contributed by atoms with Crippen LogP contribution >= 0.6 is 15.6 Å². The number of phosphoric ester groups is 2. The molecule has 1 aliphatic carbocycles. The van der Waals surface area contributed by atoms with E-state index in [0.717, 1.165) is 38.5 Å². The monoisotopic (exact) mass is 1010 g/mol. The minimum Gasteiger partial charge on any atom is -0.462 e. The molecule has 17 nitrogen and oxygen atoms in total. The number of unbranched alkanes of at least 4 members (excludes halogenated alkanes) is 20. The van der Waals surface area contributed by atoms with Crippen LogP contribution in [0.15, 0.2) is 48.6 Å². The van der Waals surface area contributed by atoms with Gasteiger partial charge in [0.25, 0.3) is 0 Å². The molecule has 1 rings (SSSR count). The maximum absolute atomic E-state index is 13.0. The zero-order valence-corrected chi connectivity index (χ0v) is 42.7. The summed E-state index contributed by atoms with van der Waals surface area (Å²) in [6, 6.07) is 0. The number of aliphatic hydroxyl groups excluding tert-OH is 5. The highest BCUT2D eigenvalue weighted by atomic mass is 31.2. The first-order valence-electron chi connectivity index (χ1n) is 25.3. The number of carbonyl (C=O) groups excluding carboxylic acids is 2. The molecule has 68 heavy (non-hydrogen) atoms. The second kappa shape index (κ2) is 39.5. The van der Waals surface area contributed by atoms with Gasteiger partial charge in [0.05, 0.1) is 12.7 Å². The molecule has 5 unspecified atom stereocenters. The maximum Gasteiger partial charge on any atom is 0.472 e. The van der Waals surface area contributed by atoms with Gasteiger partial charge in [-0.05, 0) is 44.9 Å². The molecule has 0 radical (unpaired) electrons. The van der Waals surface area contributed by atoms with Crippen LogP contribution in [0, 0.1) is 0 Å². The van der Waals surface area contributed by atoms with E-state index in [1.165, 1.54) is 89.9 Å². The Kier molecular flexibility index (Phi) is 37.2. The number of ether oxygens (including phenoxy) is 2.